The highest BCUT2D eigenvalue weighted by Crippen LogP contribution is 2.39. The van der Waals surface area contributed by atoms with Crippen LogP contribution in [0.25, 0.3) is 0 Å². The van der Waals surface area contributed by atoms with Crippen molar-refractivity contribution in [1.82, 2.24) is 10.6 Å². The van der Waals surface area contributed by atoms with Gasteiger partial charge in [-0.1, -0.05) is 0 Å². The van der Waals surface area contributed by atoms with E-state index in [0.717, 1.165) is 30.4 Å². The predicted octanol–water partition coefficient (Wildman–Crippen LogP) is 2.75. The number of methoxy groups -OCH3 is 3. The normalized spacial score (nSPS) is 10.6. The Bertz CT molecular complexity index is 516. The maximum Gasteiger partial charge on any atom is 0.203 e. The Hall–Kier alpha value is -1.03. The van der Waals surface area contributed by atoms with Crippen LogP contribution in [0.2, 0.25) is 0 Å². The van der Waals surface area contributed by atoms with E-state index in [4.69, 9.17) is 14.2 Å². The number of nitrogens with one attached hydrogen (secondary N) is 2. The molecule has 0 saturated carbocycles. The van der Waals surface area contributed by atoms with Gasteiger partial charge >= 0.3 is 0 Å². The van der Waals surface area contributed by atoms with Crippen LogP contribution < -0.4 is 24.8 Å². The van der Waals surface area contributed by atoms with E-state index in [2.05, 4.69) is 21.9 Å². The summed E-state index contributed by atoms with van der Waals surface area (Å²) in [6.45, 7) is 4.21. The molecule has 138 valence electrons. The van der Waals surface area contributed by atoms with Crippen molar-refractivity contribution in [2.24, 2.45) is 4.99 Å². The van der Waals surface area contributed by atoms with E-state index >= 15 is 0 Å². The van der Waals surface area contributed by atoms with Crippen molar-refractivity contribution in [2.45, 2.75) is 13.5 Å². The van der Waals surface area contributed by atoms with Gasteiger partial charge in [-0.25, -0.2) is 4.99 Å². The number of guanidine groups is 1. The molecule has 1 aromatic carbocycles. The quantitative estimate of drug-likeness (QED) is 0.251. The van der Waals surface area contributed by atoms with Crippen molar-refractivity contribution in [3.05, 3.63) is 17.7 Å². The minimum Gasteiger partial charge on any atom is -0.493 e. The van der Waals surface area contributed by atoms with Gasteiger partial charge in [-0.3, -0.25) is 0 Å². The second-order valence-electron chi connectivity index (χ2n) is 4.61. The molecule has 1 aromatic rings. The summed E-state index contributed by atoms with van der Waals surface area (Å²) in [7, 11) is 4.82. The first-order valence-electron chi connectivity index (χ1n) is 7.50. The molecule has 0 aliphatic rings. The molecule has 0 bridgehead atoms. The number of halogens is 1. The second-order valence-corrected chi connectivity index (χ2v) is 5.59. The third-order valence-corrected chi connectivity index (χ3v) is 3.75. The molecule has 0 fully saturated rings. The van der Waals surface area contributed by atoms with E-state index in [9.17, 15) is 0 Å². The zero-order valence-corrected chi connectivity index (χ0v) is 18.1. The van der Waals surface area contributed by atoms with Gasteiger partial charge < -0.3 is 24.8 Å². The molecule has 6 nitrogen and oxygen atoms in total. The fourth-order valence-corrected chi connectivity index (χ4v) is 2.37. The molecular weight excluding hydrogens is 441 g/mol. The van der Waals surface area contributed by atoms with Crippen LogP contribution >= 0.6 is 35.7 Å². The van der Waals surface area contributed by atoms with Crippen LogP contribution in [-0.4, -0.2) is 52.4 Å². The molecule has 0 aromatic heterocycles. The van der Waals surface area contributed by atoms with Crippen molar-refractivity contribution in [3.63, 3.8) is 0 Å². The van der Waals surface area contributed by atoms with Gasteiger partial charge in [0.15, 0.2) is 17.5 Å². The molecule has 0 atom stereocenters. The lowest BCUT2D eigenvalue weighted by Gasteiger charge is -2.15. The average molecular weight is 469 g/mol. The monoisotopic (exact) mass is 469 g/mol. The minimum absolute atomic E-state index is 0. The maximum absolute atomic E-state index is 5.48. The van der Waals surface area contributed by atoms with E-state index in [1.807, 2.05) is 19.1 Å². The number of thioether (sulfide) groups is 1. The summed E-state index contributed by atoms with van der Waals surface area (Å²) in [4.78, 5) is 4.60. The summed E-state index contributed by atoms with van der Waals surface area (Å²) >= 11 is 1.80. The topological polar surface area (TPSA) is 64.1 Å². The fraction of sp³-hybridized carbons (Fsp3) is 0.562. The zero-order chi connectivity index (χ0) is 17.1. The SMILES string of the molecule is CCNC(=NCc1ccc(OC)c(OC)c1OC)NCCSC.I. The van der Waals surface area contributed by atoms with E-state index in [1.165, 1.54) is 0 Å². The molecule has 2 N–H and O–H groups in total. The van der Waals surface area contributed by atoms with Crippen LogP contribution in [0.5, 0.6) is 17.2 Å². The second kappa shape index (κ2) is 13.3. The third-order valence-electron chi connectivity index (χ3n) is 3.14. The number of ether oxygens (including phenoxy) is 3. The molecule has 8 heteroatoms. The van der Waals surface area contributed by atoms with Gasteiger partial charge in [0.2, 0.25) is 5.75 Å². The summed E-state index contributed by atoms with van der Waals surface area (Å²) < 4.78 is 16.2. The van der Waals surface area contributed by atoms with Gasteiger partial charge in [0.1, 0.15) is 0 Å². The molecule has 0 aliphatic heterocycles. The maximum atomic E-state index is 5.48. The minimum atomic E-state index is 0. The van der Waals surface area contributed by atoms with Gasteiger partial charge in [0, 0.05) is 24.4 Å². The molecule has 0 heterocycles. The molecule has 1 rings (SSSR count). The van der Waals surface area contributed by atoms with Gasteiger partial charge in [-0.15, -0.1) is 24.0 Å². The van der Waals surface area contributed by atoms with Gasteiger partial charge in [0.05, 0.1) is 27.9 Å². The van der Waals surface area contributed by atoms with E-state index < -0.39 is 0 Å². The Morgan fingerprint density at radius 3 is 2.33 bits per heavy atom. The number of aliphatic imine (C=N–C) groups is 1. The molecule has 24 heavy (non-hydrogen) atoms. The Morgan fingerprint density at radius 2 is 1.79 bits per heavy atom. The molecule has 0 unspecified atom stereocenters. The van der Waals surface area contributed by atoms with Crippen molar-refractivity contribution in [1.29, 1.82) is 0 Å². The van der Waals surface area contributed by atoms with Crippen LogP contribution in [0, 0.1) is 0 Å². The van der Waals surface area contributed by atoms with Crippen molar-refractivity contribution in [3.8, 4) is 17.2 Å². The highest BCUT2D eigenvalue weighted by Gasteiger charge is 2.15. The first-order valence-corrected chi connectivity index (χ1v) is 8.90. The lowest BCUT2D eigenvalue weighted by Crippen LogP contribution is -2.38. The Morgan fingerprint density at radius 1 is 1.08 bits per heavy atom. The predicted molar refractivity (Wildman–Crippen MR) is 113 cm³/mol. The number of nitrogens with zero attached hydrogens (tertiary/aromatic N) is 1. The Kier molecular flexibility index (Phi) is 12.7. The Labute approximate surface area is 166 Å². The van der Waals surface area contributed by atoms with Crippen LogP contribution in [0.3, 0.4) is 0 Å². The summed E-state index contributed by atoms with van der Waals surface area (Å²) in [6.07, 6.45) is 2.08. The lowest BCUT2D eigenvalue weighted by molar-refractivity contribution is 0.322. The lowest BCUT2D eigenvalue weighted by atomic mass is 10.1. The van der Waals surface area contributed by atoms with Gasteiger partial charge in [-0.05, 0) is 25.3 Å². The standard InChI is InChI=1S/C16H27N3O3S.HI/c1-6-17-16(18-9-10-23-5)19-11-12-7-8-13(20-2)15(22-4)14(12)21-3;/h7-8H,6,9-11H2,1-5H3,(H2,17,18,19);1H. The molecule has 0 saturated heterocycles. The van der Waals surface area contributed by atoms with Crippen LogP contribution in [0.15, 0.2) is 17.1 Å². The Balaban J connectivity index is 0.00000529. The summed E-state index contributed by atoms with van der Waals surface area (Å²) in [6, 6.07) is 3.80. The van der Waals surface area contributed by atoms with E-state index in [1.54, 1.807) is 33.1 Å². The van der Waals surface area contributed by atoms with Crippen LogP contribution in [0.4, 0.5) is 0 Å². The molecule has 0 radical (unpaired) electrons. The number of benzene rings is 1. The van der Waals surface area contributed by atoms with Gasteiger partial charge in [-0.2, -0.15) is 11.8 Å². The van der Waals surface area contributed by atoms with Gasteiger partial charge in [0.25, 0.3) is 0 Å². The highest BCUT2D eigenvalue weighted by atomic mass is 127. The van der Waals surface area contributed by atoms with Crippen molar-refractivity contribution in [2.75, 3.05) is 46.4 Å². The summed E-state index contributed by atoms with van der Waals surface area (Å²) in [5.74, 6) is 3.70. The zero-order valence-electron chi connectivity index (χ0n) is 15.0. The van der Waals surface area contributed by atoms with Crippen LogP contribution in [-0.2, 0) is 6.54 Å². The summed E-state index contributed by atoms with van der Waals surface area (Å²) in [5, 5.41) is 6.54. The number of hydrogen-bond donors (Lipinski definition) is 2. The van der Waals surface area contributed by atoms with E-state index in [-0.39, 0.29) is 24.0 Å². The molecule has 0 amide bonds. The average Bonchev–Trinajstić information content (AvgIpc) is 2.58. The molecule has 0 aliphatic carbocycles. The highest BCUT2D eigenvalue weighted by molar-refractivity contribution is 14.0. The molecular formula is C16H28IN3O3S. The largest absolute Gasteiger partial charge is 0.493 e. The van der Waals surface area contributed by atoms with Crippen LogP contribution in [0.1, 0.15) is 12.5 Å². The number of rotatable bonds is 9. The first kappa shape index (κ1) is 23.0. The van der Waals surface area contributed by atoms with E-state index in [0.29, 0.717) is 23.8 Å². The molecule has 0 spiro atoms. The summed E-state index contributed by atoms with van der Waals surface area (Å²) in [5.41, 5.74) is 0.937. The van der Waals surface area contributed by atoms with Crippen molar-refractivity contribution >= 4 is 41.7 Å². The number of hydrogen-bond acceptors (Lipinski definition) is 5. The smallest absolute Gasteiger partial charge is 0.203 e. The first-order chi connectivity index (χ1) is 11.2. The fourth-order valence-electron chi connectivity index (χ4n) is 2.07. The third kappa shape index (κ3) is 6.84. The van der Waals surface area contributed by atoms with Crippen molar-refractivity contribution < 1.29 is 14.2 Å².